The molecule has 0 aliphatic rings. The minimum Gasteiger partial charge on any atom is -0.496 e. The molecule has 0 amide bonds. The van der Waals surface area contributed by atoms with E-state index >= 15 is 0 Å². The summed E-state index contributed by atoms with van der Waals surface area (Å²) < 4.78 is 54.6. The van der Waals surface area contributed by atoms with Gasteiger partial charge in [0.1, 0.15) is 16.4 Å². The molecule has 6 heteroatoms. The lowest BCUT2D eigenvalue weighted by Gasteiger charge is -2.17. The Labute approximate surface area is 92.2 Å². The molecule has 0 fully saturated rings. The molecule has 84 valence electrons. The van der Waals surface area contributed by atoms with E-state index in [9.17, 15) is 17.6 Å². The van der Waals surface area contributed by atoms with Gasteiger partial charge in [-0.3, -0.25) is 0 Å². The lowest BCUT2D eigenvalue weighted by molar-refractivity contribution is -0.128. The van der Waals surface area contributed by atoms with Crippen molar-refractivity contribution in [2.24, 2.45) is 0 Å². The summed E-state index contributed by atoms with van der Waals surface area (Å²) in [6, 6.07) is 2.99. The van der Waals surface area contributed by atoms with E-state index in [-0.39, 0.29) is 11.3 Å². The summed E-state index contributed by atoms with van der Waals surface area (Å²) in [6.45, 7) is 0. The zero-order valence-corrected chi connectivity index (χ0v) is 9.19. The maximum atomic E-state index is 12.8. The molecule has 15 heavy (non-hydrogen) atoms. The second kappa shape index (κ2) is 4.38. The Bertz CT molecular complexity index is 350. The van der Waals surface area contributed by atoms with Gasteiger partial charge >= 0.3 is 6.18 Å². The van der Waals surface area contributed by atoms with Gasteiger partial charge in [-0.1, -0.05) is 15.9 Å². The fraction of sp³-hybridized carbons (Fsp3) is 0.333. The molecule has 0 bridgehead atoms. The largest absolute Gasteiger partial charge is 0.496 e. The van der Waals surface area contributed by atoms with E-state index in [1.54, 1.807) is 0 Å². The van der Waals surface area contributed by atoms with Gasteiger partial charge in [-0.15, -0.1) is 0 Å². The molecule has 0 saturated carbocycles. The highest BCUT2D eigenvalue weighted by atomic mass is 79.9. The first-order valence-electron chi connectivity index (χ1n) is 3.90. The molecule has 1 aromatic carbocycles. The lowest BCUT2D eigenvalue weighted by atomic mass is 10.1. The van der Waals surface area contributed by atoms with Crippen molar-refractivity contribution in [3.05, 3.63) is 29.6 Å². The minimum absolute atomic E-state index is 0.00407. The molecule has 1 aromatic rings. The fourth-order valence-electron chi connectivity index (χ4n) is 1.08. The Kier molecular flexibility index (Phi) is 3.59. The fourth-order valence-corrected chi connectivity index (χ4v) is 1.44. The van der Waals surface area contributed by atoms with Gasteiger partial charge in [-0.05, 0) is 18.2 Å². The highest BCUT2D eigenvalue weighted by Gasteiger charge is 2.40. The first kappa shape index (κ1) is 12.3. The van der Waals surface area contributed by atoms with E-state index in [0.717, 1.165) is 18.2 Å². The molecule has 0 aliphatic carbocycles. The van der Waals surface area contributed by atoms with Crippen LogP contribution in [0.3, 0.4) is 0 Å². The van der Waals surface area contributed by atoms with Gasteiger partial charge in [-0.2, -0.15) is 13.2 Å². The Balaban J connectivity index is 3.17. The van der Waals surface area contributed by atoms with Crippen molar-refractivity contribution < 1.29 is 22.3 Å². The number of ether oxygens (including phenoxy) is 1. The summed E-state index contributed by atoms with van der Waals surface area (Å²) in [5, 5.41) is 0. The van der Waals surface area contributed by atoms with Gasteiger partial charge < -0.3 is 4.74 Å². The Morgan fingerprint density at radius 1 is 1.33 bits per heavy atom. The van der Waals surface area contributed by atoms with Gasteiger partial charge in [0.05, 0.1) is 7.11 Å². The number of rotatable bonds is 2. The summed E-state index contributed by atoms with van der Waals surface area (Å²) in [6.07, 6.45) is -4.49. The van der Waals surface area contributed by atoms with Crippen molar-refractivity contribution in [1.82, 2.24) is 0 Å². The van der Waals surface area contributed by atoms with Crippen LogP contribution in [0.5, 0.6) is 5.75 Å². The maximum absolute atomic E-state index is 12.8. The van der Waals surface area contributed by atoms with Crippen molar-refractivity contribution in [3.8, 4) is 5.75 Å². The van der Waals surface area contributed by atoms with E-state index in [0.29, 0.717) is 0 Å². The Morgan fingerprint density at radius 3 is 2.40 bits per heavy atom. The summed E-state index contributed by atoms with van der Waals surface area (Å²) in [5.41, 5.74) is -0.273. The van der Waals surface area contributed by atoms with Crippen LogP contribution in [0, 0.1) is 5.82 Å². The van der Waals surface area contributed by atoms with Crippen molar-refractivity contribution in [2.75, 3.05) is 7.11 Å². The average Bonchev–Trinajstić information content (AvgIpc) is 2.15. The standard InChI is InChI=1S/C9H7BrF4O/c1-15-7-3-2-5(11)4-6(7)8(10)9(12,13)14/h2-4,8H,1H3. The van der Waals surface area contributed by atoms with Crippen LogP contribution in [0.25, 0.3) is 0 Å². The molecule has 0 heterocycles. The molecule has 0 radical (unpaired) electrons. The number of hydrogen-bond donors (Lipinski definition) is 0. The molecule has 1 rings (SSSR count). The highest BCUT2D eigenvalue weighted by molar-refractivity contribution is 9.09. The molecule has 0 spiro atoms. The second-order valence-corrected chi connectivity index (χ2v) is 3.71. The SMILES string of the molecule is COc1ccc(F)cc1C(Br)C(F)(F)F. The summed E-state index contributed by atoms with van der Waals surface area (Å²) in [4.78, 5) is -1.93. The van der Waals surface area contributed by atoms with Gasteiger partial charge in [-0.25, -0.2) is 4.39 Å². The molecular weight excluding hydrogens is 280 g/mol. The van der Waals surface area contributed by atoms with Gasteiger partial charge in [0.15, 0.2) is 0 Å². The van der Waals surface area contributed by atoms with Gasteiger partial charge in [0, 0.05) is 5.56 Å². The first-order valence-corrected chi connectivity index (χ1v) is 4.82. The number of hydrogen-bond acceptors (Lipinski definition) is 1. The monoisotopic (exact) mass is 286 g/mol. The highest BCUT2D eigenvalue weighted by Crippen LogP contribution is 2.43. The summed E-state index contributed by atoms with van der Waals surface area (Å²) in [7, 11) is 1.23. The zero-order chi connectivity index (χ0) is 11.6. The Hall–Kier alpha value is -0.780. The third-order valence-corrected chi connectivity index (χ3v) is 2.76. The van der Waals surface area contributed by atoms with E-state index in [1.165, 1.54) is 7.11 Å². The number of halogens is 5. The third kappa shape index (κ3) is 2.84. The zero-order valence-electron chi connectivity index (χ0n) is 7.61. The van der Waals surface area contributed by atoms with Crippen LogP contribution in [0.4, 0.5) is 17.6 Å². The minimum atomic E-state index is -4.49. The predicted octanol–water partition coefficient (Wildman–Crippen LogP) is 3.83. The van der Waals surface area contributed by atoms with Crippen LogP contribution in [0.2, 0.25) is 0 Å². The van der Waals surface area contributed by atoms with Crippen LogP contribution in [0.15, 0.2) is 18.2 Å². The molecule has 1 atom stereocenters. The van der Waals surface area contributed by atoms with E-state index in [4.69, 9.17) is 4.74 Å². The predicted molar refractivity (Wildman–Crippen MR) is 50.7 cm³/mol. The van der Waals surface area contributed by atoms with Crippen molar-refractivity contribution in [3.63, 3.8) is 0 Å². The number of methoxy groups -OCH3 is 1. The Morgan fingerprint density at radius 2 is 1.93 bits per heavy atom. The average molecular weight is 287 g/mol. The molecule has 0 aromatic heterocycles. The maximum Gasteiger partial charge on any atom is 0.405 e. The first-order chi connectivity index (χ1) is 6.86. The van der Waals surface area contributed by atoms with Crippen LogP contribution in [0.1, 0.15) is 10.4 Å². The normalized spacial score (nSPS) is 13.7. The van der Waals surface area contributed by atoms with Crippen LogP contribution in [-0.2, 0) is 0 Å². The van der Waals surface area contributed by atoms with Crippen molar-refractivity contribution >= 4 is 15.9 Å². The molecule has 0 saturated heterocycles. The summed E-state index contributed by atoms with van der Waals surface area (Å²) in [5.74, 6) is -0.741. The number of benzene rings is 1. The van der Waals surface area contributed by atoms with Gasteiger partial charge in [0.25, 0.3) is 0 Å². The van der Waals surface area contributed by atoms with Crippen molar-refractivity contribution in [2.45, 2.75) is 11.0 Å². The smallest absolute Gasteiger partial charge is 0.405 e. The topological polar surface area (TPSA) is 9.23 Å². The lowest BCUT2D eigenvalue weighted by Crippen LogP contribution is -2.16. The quantitative estimate of drug-likeness (QED) is 0.593. The molecule has 1 nitrogen and oxygen atoms in total. The van der Waals surface area contributed by atoms with Crippen molar-refractivity contribution in [1.29, 1.82) is 0 Å². The molecular formula is C9H7BrF4O. The molecule has 0 aliphatic heterocycles. The molecule has 0 N–H and O–H groups in total. The van der Waals surface area contributed by atoms with E-state index < -0.39 is 16.8 Å². The summed E-state index contributed by atoms with van der Waals surface area (Å²) >= 11 is 2.46. The van der Waals surface area contributed by atoms with Crippen LogP contribution in [-0.4, -0.2) is 13.3 Å². The second-order valence-electron chi connectivity index (χ2n) is 2.79. The van der Waals surface area contributed by atoms with E-state index in [1.807, 2.05) is 0 Å². The van der Waals surface area contributed by atoms with Crippen LogP contribution < -0.4 is 4.74 Å². The van der Waals surface area contributed by atoms with Gasteiger partial charge in [0.2, 0.25) is 0 Å². The number of alkyl halides is 4. The molecule has 1 unspecified atom stereocenters. The van der Waals surface area contributed by atoms with E-state index in [2.05, 4.69) is 15.9 Å². The third-order valence-electron chi connectivity index (χ3n) is 1.75. The van der Waals surface area contributed by atoms with Crippen LogP contribution >= 0.6 is 15.9 Å².